The van der Waals surface area contributed by atoms with Crippen LogP contribution in [-0.4, -0.2) is 18.4 Å². The Bertz CT molecular complexity index is 589. The highest BCUT2D eigenvalue weighted by atomic mass is 32.2. The molecule has 0 N–H and O–H groups in total. The molecular formula is C10H8FN3O2S. The molecule has 0 spiro atoms. The minimum Gasteiger partial charge on any atom is -0.219 e. The minimum absolute atomic E-state index is 0.157. The molecule has 0 bridgehead atoms. The smallest absolute Gasteiger partial charge is 0.219 e. The summed E-state index contributed by atoms with van der Waals surface area (Å²) < 4.78 is 36.9. The number of halogens is 1. The molecule has 0 aliphatic heterocycles. The predicted molar refractivity (Wildman–Crippen MR) is 59.2 cm³/mol. The SMILES string of the molecule is O=S(=O)(c1ccccc1)N(F)c1ncccn1. The minimum atomic E-state index is -4.25. The van der Waals surface area contributed by atoms with Gasteiger partial charge in [0.2, 0.25) is 0 Å². The van der Waals surface area contributed by atoms with Crippen LogP contribution in [0.3, 0.4) is 0 Å². The Hall–Kier alpha value is -2.02. The fourth-order valence-electron chi connectivity index (χ4n) is 1.17. The number of aromatic nitrogens is 2. The molecular weight excluding hydrogens is 245 g/mol. The van der Waals surface area contributed by atoms with E-state index in [-0.39, 0.29) is 4.90 Å². The Balaban J connectivity index is 2.41. The van der Waals surface area contributed by atoms with Gasteiger partial charge in [-0.1, -0.05) is 27.2 Å². The Morgan fingerprint density at radius 1 is 1.00 bits per heavy atom. The second-order valence-electron chi connectivity index (χ2n) is 3.08. The lowest BCUT2D eigenvalue weighted by Gasteiger charge is -2.11. The molecule has 0 saturated heterocycles. The molecule has 1 heterocycles. The summed E-state index contributed by atoms with van der Waals surface area (Å²) in [6.45, 7) is 0. The average molecular weight is 253 g/mol. The van der Waals surface area contributed by atoms with Gasteiger partial charge in [0, 0.05) is 12.4 Å². The highest BCUT2D eigenvalue weighted by molar-refractivity contribution is 7.92. The van der Waals surface area contributed by atoms with Crippen molar-refractivity contribution >= 4 is 16.0 Å². The maximum absolute atomic E-state index is 13.7. The highest BCUT2D eigenvalue weighted by Gasteiger charge is 2.26. The van der Waals surface area contributed by atoms with Gasteiger partial charge in [0.15, 0.2) is 0 Å². The highest BCUT2D eigenvalue weighted by Crippen LogP contribution is 2.19. The Kier molecular flexibility index (Phi) is 3.01. The van der Waals surface area contributed by atoms with E-state index in [4.69, 9.17) is 0 Å². The van der Waals surface area contributed by atoms with Gasteiger partial charge in [-0.25, -0.2) is 9.97 Å². The zero-order chi connectivity index (χ0) is 12.3. The summed E-state index contributed by atoms with van der Waals surface area (Å²) in [6, 6.07) is 8.71. The fourth-order valence-corrected chi connectivity index (χ4v) is 2.17. The van der Waals surface area contributed by atoms with E-state index in [9.17, 15) is 12.9 Å². The van der Waals surface area contributed by atoms with Crippen LogP contribution in [-0.2, 0) is 10.0 Å². The van der Waals surface area contributed by atoms with Crippen LogP contribution in [0.4, 0.5) is 10.4 Å². The molecule has 0 radical (unpaired) electrons. The summed E-state index contributed by atoms with van der Waals surface area (Å²) >= 11 is 0. The number of anilines is 1. The van der Waals surface area contributed by atoms with Crippen LogP contribution in [0, 0.1) is 0 Å². The van der Waals surface area contributed by atoms with Gasteiger partial charge in [-0.05, 0) is 18.2 Å². The molecule has 2 aromatic rings. The molecule has 1 aromatic heterocycles. The second kappa shape index (κ2) is 4.46. The summed E-state index contributed by atoms with van der Waals surface area (Å²) in [5, 5.41) is 0. The summed E-state index contributed by atoms with van der Waals surface area (Å²) in [5.74, 6) is -0.517. The third-order valence-corrected chi connectivity index (χ3v) is 3.41. The number of sulfonamides is 1. The van der Waals surface area contributed by atoms with Crippen molar-refractivity contribution in [2.75, 3.05) is 4.53 Å². The molecule has 7 heteroatoms. The molecule has 0 aliphatic rings. The lowest BCUT2D eigenvalue weighted by Crippen LogP contribution is -2.24. The number of hydrogen-bond acceptors (Lipinski definition) is 4. The van der Waals surface area contributed by atoms with Gasteiger partial charge in [-0.15, -0.1) is 0 Å². The van der Waals surface area contributed by atoms with E-state index in [2.05, 4.69) is 9.97 Å². The van der Waals surface area contributed by atoms with E-state index < -0.39 is 20.5 Å². The third kappa shape index (κ3) is 2.23. The Morgan fingerprint density at radius 3 is 2.18 bits per heavy atom. The van der Waals surface area contributed by atoms with Crippen LogP contribution in [0.2, 0.25) is 0 Å². The Labute approximate surface area is 97.5 Å². The lowest BCUT2D eigenvalue weighted by molar-refractivity contribution is 0.486. The average Bonchev–Trinajstić information content (AvgIpc) is 2.40. The van der Waals surface area contributed by atoms with Gasteiger partial charge in [-0.3, -0.25) is 0 Å². The summed E-state index contributed by atoms with van der Waals surface area (Å²) in [4.78, 5) is 6.90. The normalized spacial score (nSPS) is 11.1. The van der Waals surface area contributed by atoms with Crippen molar-refractivity contribution in [2.24, 2.45) is 0 Å². The number of hydrogen-bond donors (Lipinski definition) is 0. The van der Waals surface area contributed by atoms with E-state index in [1.807, 2.05) is 0 Å². The van der Waals surface area contributed by atoms with Crippen molar-refractivity contribution in [2.45, 2.75) is 4.90 Å². The van der Waals surface area contributed by atoms with E-state index in [1.54, 1.807) is 6.07 Å². The summed E-state index contributed by atoms with van der Waals surface area (Å²) in [7, 11) is -4.25. The van der Waals surface area contributed by atoms with Gasteiger partial charge in [0.25, 0.3) is 16.0 Å². The van der Waals surface area contributed by atoms with Crippen LogP contribution in [0.5, 0.6) is 0 Å². The monoisotopic (exact) mass is 253 g/mol. The van der Waals surface area contributed by atoms with E-state index >= 15 is 0 Å². The molecule has 17 heavy (non-hydrogen) atoms. The molecule has 2 rings (SSSR count). The lowest BCUT2D eigenvalue weighted by atomic mass is 10.4. The third-order valence-electron chi connectivity index (χ3n) is 1.96. The van der Waals surface area contributed by atoms with Crippen LogP contribution >= 0.6 is 0 Å². The van der Waals surface area contributed by atoms with Crippen LogP contribution in [0.1, 0.15) is 0 Å². The zero-order valence-corrected chi connectivity index (χ0v) is 9.38. The molecule has 0 aliphatic carbocycles. The molecule has 0 fully saturated rings. The number of benzene rings is 1. The van der Waals surface area contributed by atoms with Crippen molar-refractivity contribution in [3.8, 4) is 0 Å². The first-order chi connectivity index (χ1) is 8.12. The quantitative estimate of drug-likeness (QED) is 0.779. The van der Waals surface area contributed by atoms with Crippen molar-refractivity contribution in [1.29, 1.82) is 0 Å². The standard InChI is InChI=1S/C10H8FN3O2S/c11-14(10-12-7-4-8-13-10)17(15,16)9-5-2-1-3-6-9/h1-8H. The molecule has 1 aromatic carbocycles. The van der Waals surface area contributed by atoms with Crippen LogP contribution < -0.4 is 4.53 Å². The van der Waals surface area contributed by atoms with Crippen molar-refractivity contribution in [3.05, 3.63) is 48.8 Å². The number of nitrogens with zero attached hydrogens (tertiary/aromatic N) is 3. The summed E-state index contributed by atoms with van der Waals surface area (Å²) in [5.41, 5.74) is 0. The van der Waals surface area contributed by atoms with E-state index in [0.717, 1.165) is 0 Å². The van der Waals surface area contributed by atoms with E-state index in [0.29, 0.717) is 0 Å². The first-order valence-electron chi connectivity index (χ1n) is 4.65. The molecule has 5 nitrogen and oxygen atoms in total. The number of rotatable bonds is 3. The molecule has 0 saturated carbocycles. The molecule has 0 unspecified atom stereocenters. The maximum Gasteiger partial charge on any atom is 0.293 e. The predicted octanol–water partition coefficient (Wildman–Crippen LogP) is 1.56. The maximum atomic E-state index is 13.7. The van der Waals surface area contributed by atoms with Crippen LogP contribution in [0.25, 0.3) is 0 Å². The van der Waals surface area contributed by atoms with Crippen molar-refractivity contribution < 1.29 is 12.9 Å². The second-order valence-corrected chi connectivity index (χ2v) is 4.82. The van der Waals surface area contributed by atoms with Crippen molar-refractivity contribution in [1.82, 2.24) is 9.97 Å². The Morgan fingerprint density at radius 2 is 1.59 bits per heavy atom. The van der Waals surface area contributed by atoms with Gasteiger partial charge in [0.1, 0.15) is 0 Å². The fraction of sp³-hybridized carbons (Fsp3) is 0. The first kappa shape index (κ1) is 11.5. The summed E-state index contributed by atoms with van der Waals surface area (Å²) in [6.07, 6.45) is 2.52. The largest absolute Gasteiger partial charge is 0.293 e. The van der Waals surface area contributed by atoms with Gasteiger partial charge < -0.3 is 0 Å². The molecule has 88 valence electrons. The molecule has 0 amide bonds. The topological polar surface area (TPSA) is 63.2 Å². The van der Waals surface area contributed by atoms with Gasteiger partial charge in [-0.2, -0.15) is 8.42 Å². The van der Waals surface area contributed by atoms with Gasteiger partial charge >= 0.3 is 0 Å². The van der Waals surface area contributed by atoms with Crippen LogP contribution in [0.15, 0.2) is 53.7 Å². The first-order valence-corrected chi connectivity index (χ1v) is 6.09. The zero-order valence-electron chi connectivity index (χ0n) is 8.56. The van der Waals surface area contributed by atoms with Crippen molar-refractivity contribution in [3.63, 3.8) is 0 Å². The van der Waals surface area contributed by atoms with E-state index in [1.165, 1.54) is 42.7 Å². The van der Waals surface area contributed by atoms with Gasteiger partial charge in [0.05, 0.1) is 4.90 Å². The molecule has 0 atom stereocenters.